The van der Waals surface area contributed by atoms with E-state index < -0.39 is 26.7 Å². The molecule has 3 rings (SSSR count). The second-order valence-electron chi connectivity index (χ2n) is 6.62. The van der Waals surface area contributed by atoms with Crippen LogP contribution in [0.1, 0.15) is 12.5 Å². The molecule has 0 amide bonds. The number of benzene rings is 2. The molecular formula is C19H22N2O6S. The van der Waals surface area contributed by atoms with Crippen molar-refractivity contribution in [3.05, 3.63) is 70.3 Å². The molecule has 1 aliphatic rings. The fourth-order valence-electron chi connectivity index (χ4n) is 3.14. The topological polar surface area (TPSA) is 99.0 Å². The highest BCUT2D eigenvalue weighted by Crippen LogP contribution is 2.28. The highest BCUT2D eigenvalue weighted by Gasteiger charge is 2.37. The number of nitro groups is 1. The Morgan fingerprint density at radius 1 is 1.14 bits per heavy atom. The Kier molecular flexibility index (Phi) is 6.40. The van der Waals surface area contributed by atoms with Gasteiger partial charge in [-0.05, 0) is 18.6 Å². The molecule has 0 saturated carbocycles. The minimum Gasteiger partial charge on any atom is -0.374 e. The minimum atomic E-state index is -4.02. The molecule has 8 nitrogen and oxygen atoms in total. The van der Waals surface area contributed by atoms with E-state index >= 15 is 0 Å². The highest BCUT2D eigenvalue weighted by atomic mass is 32.2. The summed E-state index contributed by atoms with van der Waals surface area (Å²) in [7, 11) is -4.02. The zero-order valence-corrected chi connectivity index (χ0v) is 16.2. The molecule has 0 N–H and O–H groups in total. The summed E-state index contributed by atoms with van der Waals surface area (Å²) in [5.41, 5.74) is 0.578. The van der Waals surface area contributed by atoms with Gasteiger partial charge in [-0.2, -0.15) is 4.31 Å². The first kappa shape index (κ1) is 20.4. The Morgan fingerprint density at radius 3 is 2.54 bits per heavy atom. The molecule has 1 saturated heterocycles. The van der Waals surface area contributed by atoms with Gasteiger partial charge in [-0.25, -0.2) is 8.42 Å². The maximum Gasteiger partial charge on any atom is 0.289 e. The Morgan fingerprint density at radius 2 is 1.82 bits per heavy atom. The summed E-state index contributed by atoms with van der Waals surface area (Å²) >= 11 is 0. The summed E-state index contributed by atoms with van der Waals surface area (Å²) in [6.45, 7) is 2.59. The lowest BCUT2D eigenvalue weighted by molar-refractivity contribution is -0.387. The summed E-state index contributed by atoms with van der Waals surface area (Å²) in [6.07, 6.45) is -0.804. The first-order chi connectivity index (χ1) is 13.4. The Bertz CT molecular complexity index is 919. The van der Waals surface area contributed by atoms with Gasteiger partial charge in [0.1, 0.15) is 0 Å². The number of morpholine rings is 1. The van der Waals surface area contributed by atoms with E-state index in [2.05, 4.69) is 0 Å². The monoisotopic (exact) mass is 406 g/mol. The van der Waals surface area contributed by atoms with Crippen LogP contribution in [0.4, 0.5) is 5.69 Å². The van der Waals surface area contributed by atoms with Crippen molar-refractivity contribution in [1.29, 1.82) is 0 Å². The number of nitro benzene ring substituents is 1. The summed E-state index contributed by atoms with van der Waals surface area (Å²) in [4.78, 5) is 10.2. The first-order valence-corrected chi connectivity index (χ1v) is 10.3. The van der Waals surface area contributed by atoms with E-state index in [1.807, 2.05) is 30.3 Å². The third kappa shape index (κ3) is 4.74. The fraction of sp³-hybridized carbons (Fsp3) is 0.368. The van der Waals surface area contributed by atoms with Crippen LogP contribution in [0.3, 0.4) is 0 Å². The molecule has 150 valence electrons. The van der Waals surface area contributed by atoms with Crippen molar-refractivity contribution < 1.29 is 22.8 Å². The van der Waals surface area contributed by atoms with E-state index in [0.29, 0.717) is 6.61 Å². The van der Waals surface area contributed by atoms with Crippen LogP contribution in [-0.4, -0.2) is 49.6 Å². The molecular weight excluding hydrogens is 384 g/mol. The summed E-state index contributed by atoms with van der Waals surface area (Å²) in [5, 5.41) is 11.2. The molecule has 1 unspecified atom stereocenters. The van der Waals surface area contributed by atoms with Crippen LogP contribution in [0.2, 0.25) is 0 Å². The normalized spacial score (nSPS) is 20.8. The van der Waals surface area contributed by atoms with E-state index in [9.17, 15) is 18.5 Å². The van der Waals surface area contributed by atoms with Crippen molar-refractivity contribution in [2.45, 2.75) is 30.6 Å². The summed E-state index contributed by atoms with van der Waals surface area (Å²) in [6, 6.07) is 15.0. The molecule has 9 heteroatoms. The molecule has 28 heavy (non-hydrogen) atoms. The van der Waals surface area contributed by atoms with Crippen molar-refractivity contribution in [3.63, 3.8) is 0 Å². The molecule has 2 aromatic rings. The van der Waals surface area contributed by atoms with Gasteiger partial charge >= 0.3 is 0 Å². The molecule has 2 atom stereocenters. The van der Waals surface area contributed by atoms with Crippen molar-refractivity contribution in [1.82, 2.24) is 4.31 Å². The predicted octanol–water partition coefficient (Wildman–Crippen LogP) is 2.59. The zero-order chi connectivity index (χ0) is 20.1. The smallest absolute Gasteiger partial charge is 0.289 e. The van der Waals surface area contributed by atoms with Gasteiger partial charge in [0.25, 0.3) is 5.69 Å². The zero-order valence-electron chi connectivity index (χ0n) is 15.4. The van der Waals surface area contributed by atoms with E-state index in [1.165, 1.54) is 28.6 Å². The number of sulfonamides is 1. The van der Waals surface area contributed by atoms with Crippen LogP contribution in [0, 0.1) is 10.1 Å². The number of nitrogens with zero attached hydrogens (tertiary/aromatic N) is 2. The number of ether oxygens (including phenoxy) is 2. The van der Waals surface area contributed by atoms with Gasteiger partial charge in [0.15, 0.2) is 4.90 Å². The standard InChI is InChI=1S/C19H22N2O6S/c1-15-11-20(28(24,25)19-10-6-5-9-18(19)21(22)23)12-17(27-15)14-26-13-16-7-3-2-4-8-16/h2-10,15,17H,11-14H2,1H3/t15?,17-/m1/s1. The maximum absolute atomic E-state index is 13.0. The van der Waals surface area contributed by atoms with E-state index in [1.54, 1.807) is 6.92 Å². The van der Waals surface area contributed by atoms with Crippen LogP contribution in [0.5, 0.6) is 0 Å². The maximum atomic E-state index is 13.0. The van der Waals surface area contributed by atoms with Crippen LogP contribution in [0.25, 0.3) is 0 Å². The van der Waals surface area contributed by atoms with Crippen LogP contribution in [0.15, 0.2) is 59.5 Å². The Hall–Kier alpha value is -2.33. The molecule has 0 aliphatic carbocycles. The molecule has 1 aliphatic heterocycles. The summed E-state index contributed by atoms with van der Waals surface area (Å²) in [5.74, 6) is 0. The second kappa shape index (κ2) is 8.78. The molecule has 0 radical (unpaired) electrons. The molecule has 1 fully saturated rings. The van der Waals surface area contributed by atoms with Gasteiger partial charge in [-0.3, -0.25) is 10.1 Å². The fourth-order valence-corrected chi connectivity index (χ4v) is 4.84. The highest BCUT2D eigenvalue weighted by molar-refractivity contribution is 7.89. The SMILES string of the molecule is CC1CN(S(=O)(=O)c2ccccc2[N+](=O)[O-])C[C@H](COCc2ccccc2)O1. The van der Waals surface area contributed by atoms with Gasteiger partial charge < -0.3 is 9.47 Å². The quantitative estimate of drug-likeness (QED) is 0.518. The van der Waals surface area contributed by atoms with Crippen LogP contribution in [-0.2, 0) is 26.1 Å². The van der Waals surface area contributed by atoms with E-state index in [4.69, 9.17) is 9.47 Å². The van der Waals surface area contributed by atoms with Gasteiger partial charge in [0.05, 0.1) is 30.3 Å². The lowest BCUT2D eigenvalue weighted by Gasteiger charge is -2.35. The van der Waals surface area contributed by atoms with Gasteiger partial charge in [-0.15, -0.1) is 0 Å². The average molecular weight is 406 g/mol. The van der Waals surface area contributed by atoms with Gasteiger partial charge in [0, 0.05) is 19.2 Å². The van der Waals surface area contributed by atoms with Crippen molar-refractivity contribution in [2.24, 2.45) is 0 Å². The molecule has 2 aromatic carbocycles. The number of para-hydroxylation sites is 1. The van der Waals surface area contributed by atoms with Crippen LogP contribution < -0.4 is 0 Å². The van der Waals surface area contributed by atoms with E-state index in [0.717, 1.165) is 5.56 Å². The molecule has 0 spiro atoms. The third-order valence-corrected chi connectivity index (χ3v) is 6.27. The lowest BCUT2D eigenvalue weighted by Crippen LogP contribution is -2.50. The van der Waals surface area contributed by atoms with Crippen molar-refractivity contribution in [2.75, 3.05) is 19.7 Å². The average Bonchev–Trinajstić information content (AvgIpc) is 2.68. The number of hydrogen-bond donors (Lipinski definition) is 0. The van der Waals surface area contributed by atoms with Crippen molar-refractivity contribution >= 4 is 15.7 Å². The third-order valence-electron chi connectivity index (χ3n) is 4.39. The second-order valence-corrected chi connectivity index (χ2v) is 8.52. The number of hydrogen-bond acceptors (Lipinski definition) is 6. The Balaban J connectivity index is 1.70. The van der Waals surface area contributed by atoms with Crippen molar-refractivity contribution in [3.8, 4) is 0 Å². The van der Waals surface area contributed by atoms with E-state index in [-0.39, 0.29) is 30.7 Å². The summed E-state index contributed by atoms with van der Waals surface area (Å²) < 4.78 is 38.8. The molecule has 1 heterocycles. The predicted molar refractivity (Wildman–Crippen MR) is 102 cm³/mol. The first-order valence-electron chi connectivity index (χ1n) is 8.88. The largest absolute Gasteiger partial charge is 0.374 e. The minimum absolute atomic E-state index is 0.0769. The molecule has 0 bridgehead atoms. The number of rotatable bonds is 7. The Labute approximate surface area is 163 Å². The van der Waals surface area contributed by atoms with Crippen LogP contribution >= 0.6 is 0 Å². The van der Waals surface area contributed by atoms with Gasteiger partial charge in [0.2, 0.25) is 10.0 Å². The molecule has 0 aromatic heterocycles. The lowest BCUT2D eigenvalue weighted by atomic mass is 10.2. The van der Waals surface area contributed by atoms with Gasteiger partial charge in [-0.1, -0.05) is 42.5 Å².